The number of nitriles is 2. The van der Waals surface area contributed by atoms with Crippen LogP contribution in [0.1, 0.15) is 34.3 Å². The molecule has 0 saturated carbocycles. The molecule has 2 aromatic carbocycles. The Kier molecular flexibility index (Phi) is 8.22. The van der Waals surface area contributed by atoms with Gasteiger partial charge in [0.2, 0.25) is 0 Å². The van der Waals surface area contributed by atoms with Gasteiger partial charge < -0.3 is 9.64 Å². The number of anilines is 1. The maximum atomic E-state index is 12.1. The molecule has 7 nitrogen and oxygen atoms in total. The summed E-state index contributed by atoms with van der Waals surface area (Å²) in [6, 6.07) is 17.0. The van der Waals surface area contributed by atoms with Crippen molar-refractivity contribution in [2.24, 2.45) is 5.10 Å². The summed E-state index contributed by atoms with van der Waals surface area (Å²) < 4.78 is 5.44. The number of hydrogen-bond acceptors (Lipinski definition) is 6. The molecule has 0 aromatic heterocycles. The summed E-state index contributed by atoms with van der Waals surface area (Å²) in [6.07, 6.45) is 2.24. The highest BCUT2D eigenvalue weighted by Gasteiger charge is 2.10. The Hall–Kier alpha value is -3.84. The standard InChI is InChI=1S/C22H23N5O2/c1-17-5-7-18(8-6-17)22(28)26-25-16-19-9-10-20(15-21(19)29-2)27(13-3-11-23)14-4-12-24/h5-10,15-16H,3-4,13-14H2,1-2H3,(H,26,28)/b25-16-. The maximum absolute atomic E-state index is 12.1. The molecule has 0 spiro atoms. The molecule has 29 heavy (non-hydrogen) atoms. The minimum absolute atomic E-state index is 0.295. The molecule has 0 aliphatic rings. The number of rotatable bonds is 9. The molecule has 0 saturated heterocycles. The van der Waals surface area contributed by atoms with Crippen molar-refractivity contribution >= 4 is 17.8 Å². The predicted molar refractivity (Wildman–Crippen MR) is 112 cm³/mol. The van der Waals surface area contributed by atoms with Crippen molar-refractivity contribution in [1.82, 2.24) is 5.43 Å². The number of aryl methyl sites for hydroxylation is 1. The lowest BCUT2D eigenvalue weighted by Gasteiger charge is -2.23. The van der Waals surface area contributed by atoms with E-state index in [1.54, 1.807) is 19.2 Å². The Balaban J connectivity index is 2.11. The van der Waals surface area contributed by atoms with E-state index in [2.05, 4.69) is 22.7 Å². The molecule has 0 radical (unpaired) electrons. The van der Waals surface area contributed by atoms with Crippen LogP contribution < -0.4 is 15.1 Å². The molecule has 2 rings (SSSR count). The highest BCUT2D eigenvalue weighted by atomic mass is 16.5. The highest BCUT2D eigenvalue weighted by Crippen LogP contribution is 2.25. The summed E-state index contributed by atoms with van der Waals surface area (Å²) in [5, 5.41) is 21.7. The molecule has 148 valence electrons. The molecule has 0 fully saturated rings. The Morgan fingerprint density at radius 2 is 1.79 bits per heavy atom. The van der Waals surface area contributed by atoms with Gasteiger partial charge in [-0.1, -0.05) is 17.7 Å². The maximum Gasteiger partial charge on any atom is 0.271 e. The van der Waals surface area contributed by atoms with Crippen molar-refractivity contribution in [2.45, 2.75) is 19.8 Å². The summed E-state index contributed by atoms with van der Waals surface area (Å²) in [5.74, 6) is 0.283. The van der Waals surface area contributed by atoms with E-state index in [-0.39, 0.29) is 5.91 Å². The molecule has 0 aliphatic heterocycles. The van der Waals surface area contributed by atoms with Crippen LogP contribution in [0.2, 0.25) is 0 Å². The first-order chi connectivity index (χ1) is 14.1. The van der Waals surface area contributed by atoms with E-state index >= 15 is 0 Å². The number of carbonyl (C=O) groups is 1. The first-order valence-corrected chi connectivity index (χ1v) is 9.16. The van der Waals surface area contributed by atoms with Crippen LogP contribution in [-0.2, 0) is 0 Å². The molecule has 0 heterocycles. The smallest absolute Gasteiger partial charge is 0.271 e. The van der Waals surface area contributed by atoms with Gasteiger partial charge in [-0.05, 0) is 31.2 Å². The second kappa shape index (κ2) is 11.1. The Morgan fingerprint density at radius 3 is 2.38 bits per heavy atom. The van der Waals surface area contributed by atoms with Gasteiger partial charge in [-0.25, -0.2) is 5.43 Å². The fraction of sp³-hybridized carbons (Fsp3) is 0.273. The normalized spacial score (nSPS) is 10.2. The minimum Gasteiger partial charge on any atom is -0.496 e. The van der Waals surface area contributed by atoms with Crippen molar-refractivity contribution in [3.63, 3.8) is 0 Å². The summed E-state index contributed by atoms with van der Waals surface area (Å²) in [6.45, 7) is 3.01. The zero-order chi connectivity index (χ0) is 21.1. The number of hydrazone groups is 1. The van der Waals surface area contributed by atoms with Crippen LogP contribution >= 0.6 is 0 Å². The van der Waals surface area contributed by atoms with Crippen molar-refractivity contribution in [3.05, 3.63) is 59.2 Å². The number of amides is 1. The highest BCUT2D eigenvalue weighted by molar-refractivity contribution is 5.95. The van der Waals surface area contributed by atoms with Crippen LogP contribution in [0.5, 0.6) is 5.75 Å². The fourth-order valence-electron chi connectivity index (χ4n) is 2.67. The zero-order valence-corrected chi connectivity index (χ0v) is 16.6. The third kappa shape index (κ3) is 6.37. The van der Waals surface area contributed by atoms with Gasteiger partial charge in [0, 0.05) is 36.0 Å². The summed E-state index contributed by atoms with van der Waals surface area (Å²) in [7, 11) is 1.55. The predicted octanol–water partition coefficient (Wildman–Crippen LogP) is 3.40. The molecule has 0 unspecified atom stereocenters. The Labute approximate surface area is 170 Å². The number of hydrogen-bond donors (Lipinski definition) is 1. The second-order valence-electron chi connectivity index (χ2n) is 6.29. The van der Waals surface area contributed by atoms with E-state index in [1.807, 2.05) is 42.2 Å². The molecule has 0 aliphatic carbocycles. The van der Waals surface area contributed by atoms with Crippen LogP contribution in [-0.4, -0.2) is 32.3 Å². The van der Waals surface area contributed by atoms with E-state index in [4.69, 9.17) is 15.3 Å². The van der Waals surface area contributed by atoms with Gasteiger partial charge in [-0.15, -0.1) is 0 Å². The topological polar surface area (TPSA) is 102 Å². The Bertz CT molecular complexity index is 921. The zero-order valence-electron chi connectivity index (χ0n) is 16.6. The average Bonchev–Trinajstić information content (AvgIpc) is 2.74. The number of ether oxygens (including phenoxy) is 1. The van der Waals surface area contributed by atoms with E-state index in [1.165, 1.54) is 6.21 Å². The number of carbonyl (C=O) groups excluding carboxylic acids is 1. The third-order valence-electron chi connectivity index (χ3n) is 4.25. The number of benzene rings is 2. The summed E-state index contributed by atoms with van der Waals surface area (Å²) in [5.41, 5.74) is 5.66. The first-order valence-electron chi connectivity index (χ1n) is 9.16. The monoisotopic (exact) mass is 389 g/mol. The van der Waals surface area contributed by atoms with Gasteiger partial charge in [0.15, 0.2) is 0 Å². The lowest BCUT2D eigenvalue weighted by atomic mass is 10.1. The van der Waals surface area contributed by atoms with E-state index < -0.39 is 0 Å². The lowest BCUT2D eigenvalue weighted by Crippen LogP contribution is -2.25. The first kappa shape index (κ1) is 21.5. The Morgan fingerprint density at radius 1 is 1.14 bits per heavy atom. The lowest BCUT2D eigenvalue weighted by molar-refractivity contribution is 0.0955. The van der Waals surface area contributed by atoms with Crippen LogP contribution in [0.15, 0.2) is 47.6 Å². The van der Waals surface area contributed by atoms with Crippen molar-refractivity contribution in [1.29, 1.82) is 10.5 Å². The van der Waals surface area contributed by atoms with Crippen LogP contribution in [0.4, 0.5) is 5.69 Å². The SMILES string of the molecule is COc1cc(N(CCC#N)CCC#N)ccc1/C=N\NC(=O)c1ccc(C)cc1. The molecule has 0 atom stereocenters. The molecule has 7 heteroatoms. The van der Waals surface area contributed by atoms with Gasteiger partial charge >= 0.3 is 0 Å². The van der Waals surface area contributed by atoms with Crippen molar-refractivity contribution in [3.8, 4) is 17.9 Å². The van der Waals surface area contributed by atoms with Crippen LogP contribution in [0.25, 0.3) is 0 Å². The molecule has 2 aromatic rings. The van der Waals surface area contributed by atoms with Crippen LogP contribution in [0, 0.1) is 29.6 Å². The van der Waals surface area contributed by atoms with Gasteiger partial charge in [0.25, 0.3) is 5.91 Å². The fourth-order valence-corrected chi connectivity index (χ4v) is 2.67. The number of nitrogens with zero attached hydrogens (tertiary/aromatic N) is 4. The van der Waals surface area contributed by atoms with Crippen LogP contribution in [0.3, 0.4) is 0 Å². The van der Waals surface area contributed by atoms with Gasteiger partial charge in [-0.2, -0.15) is 15.6 Å². The quantitative estimate of drug-likeness (QED) is 0.523. The van der Waals surface area contributed by atoms with E-state index in [0.717, 1.165) is 11.3 Å². The second-order valence-corrected chi connectivity index (χ2v) is 6.29. The number of nitrogens with one attached hydrogen (secondary N) is 1. The summed E-state index contributed by atoms with van der Waals surface area (Å²) >= 11 is 0. The molecular weight excluding hydrogens is 366 g/mol. The summed E-state index contributed by atoms with van der Waals surface area (Å²) in [4.78, 5) is 14.1. The van der Waals surface area contributed by atoms with Crippen molar-refractivity contribution in [2.75, 3.05) is 25.1 Å². The molecule has 1 amide bonds. The van der Waals surface area contributed by atoms with Gasteiger partial charge in [-0.3, -0.25) is 4.79 Å². The number of methoxy groups -OCH3 is 1. The van der Waals surface area contributed by atoms with Gasteiger partial charge in [0.1, 0.15) is 5.75 Å². The van der Waals surface area contributed by atoms with E-state index in [9.17, 15) is 4.79 Å². The average molecular weight is 389 g/mol. The van der Waals surface area contributed by atoms with E-state index in [0.29, 0.717) is 42.8 Å². The molecule has 0 bridgehead atoms. The molecular formula is C22H23N5O2. The van der Waals surface area contributed by atoms with Crippen molar-refractivity contribution < 1.29 is 9.53 Å². The largest absolute Gasteiger partial charge is 0.496 e. The molecule has 1 N–H and O–H groups in total. The van der Waals surface area contributed by atoms with Gasteiger partial charge in [0.05, 0.1) is 38.3 Å². The minimum atomic E-state index is -0.295. The third-order valence-corrected chi connectivity index (χ3v) is 4.25.